The van der Waals surface area contributed by atoms with E-state index in [1.54, 1.807) is 24.3 Å². The standard InChI is InChI=1S/C28H35N3O4/c29-16-17-3-1-4-19(13-17)18-9-11-31(12-10-18)28(35)21-5-2-6-22(14-21)30-27(34)24-15-20-7-8-23(24)26(33)25(20)32/h1-6,13-14,18,20,23-26,32-33H,7-12,15-16,29H2,(H,30,34). The third kappa shape index (κ3) is 4.85. The minimum Gasteiger partial charge on any atom is -0.390 e. The number of carbonyl (C=O) groups is 2. The maximum atomic E-state index is 13.2. The zero-order valence-corrected chi connectivity index (χ0v) is 20.0. The first kappa shape index (κ1) is 24.0. The number of nitrogens with zero attached hydrogens (tertiary/aromatic N) is 1. The van der Waals surface area contributed by atoms with Crippen molar-refractivity contribution in [2.45, 2.75) is 56.8 Å². The van der Waals surface area contributed by atoms with E-state index in [0.717, 1.165) is 31.2 Å². The molecule has 0 spiro atoms. The summed E-state index contributed by atoms with van der Waals surface area (Å²) in [4.78, 5) is 28.1. The predicted octanol–water partition coefficient (Wildman–Crippen LogP) is 2.87. The van der Waals surface area contributed by atoms with Gasteiger partial charge in [-0.25, -0.2) is 0 Å². The van der Waals surface area contributed by atoms with Gasteiger partial charge in [-0.15, -0.1) is 0 Å². The number of fused-ring (bicyclic) bond motifs is 3. The lowest BCUT2D eigenvalue weighted by atomic mass is 9.61. The molecule has 1 heterocycles. The topological polar surface area (TPSA) is 116 Å². The average Bonchev–Trinajstić information content (AvgIpc) is 2.91. The maximum absolute atomic E-state index is 13.2. The number of aliphatic hydroxyl groups excluding tert-OH is 2. The summed E-state index contributed by atoms with van der Waals surface area (Å²) < 4.78 is 0. The van der Waals surface area contributed by atoms with E-state index in [-0.39, 0.29) is 29.6 Å². The Balaban J connectivity index is 1.20. The Bertz CT molecular complexity index is 1080. The molecule has 4 aliphatic rings. The highest BCUT2D eigenvalue weighted by Gasteiger charge is 2.49. The molecule has 1 saturated heterocycles. The van der Waals surface area contributed by atoms with E-state index in [4.69, 9.17) is 5.73 Å². The Morgan fingerprint density at radius 1 is 0.971 bits per heavy atom. The van der Waals surface area contributed by atoms with E-state index < -0.39 is 12.2 Å². The van der Waals surface area contributed by atoms with Gasteiger partial charge in [0.05, 0.1) is 12.2 Å². The van der Waals surface area contributed by atoms with E-state index in [1.165, 1.54) is 5.56 Å². The van der Waals surface area contributed by atoms with Crippen LogP contribution in [0, 0.1) is 17.8 Å². The number of nitrogens with two attached hydrogens (primary N) is 1. The molecule has 35 heavy (non-hydrogen) atoms. The molecule has 5 unspecified atom stereocenters. The van der Waals surface area contributed by atoms with Crippen LogP contribution in [-0.4, -0.2) is 52.2 Å². The van der Waals surface area contributed by atoms with Crippen molar-refractivity contribution >= 4 is 17.5 Å². The van der Waals surface area contributed by atoms with E-state index in [2.05, 4.69) is 23.5 Å². The summed E-state index contributed by atoms with van der Waals surface area (Å²) in [6.07, 6.45) is 2.46. The first-order valence-electron chi connectivity index (χ1n) is 12.8. The van der Waals surface area contributed by atoms with Crippen molar-refractivity contribution in [3.8, 4) is 0 Å². The lowest BCUT2D eigenvalue weighted by Gasteiger charge is -2.47. The van der Waals surface area contributed by atoms with Crippen LogP contribution in [0.3, 0.4) is 0 Å². The molecule has 3 aliphatic carbocycles. The second-order valence-corrected chi connectivity index (χ2v) is 10.4. The van der Waals surface area contributed by atoms with Gasteiger partial charge in [0.2, 0.25) is 5.91 Å². The Labute approximate surface area is 206 Å². The lowest BCUT2D eigenvalue weighted by Crippen LogP contribution is -2.54. The molecule has 7 heteroatoms. The quantitative estimate of drug-likeness (QED) is 0.529. The second kappa shape index (κ2) is 10.1. The van der Waals surface area contributed by atoms with Gasteiger partial charge in [-0.05, 0) is 79.2 Å². The normalized spacial score (nSPS) is 28.7. The van der Waals surface area contributed by atoms with Gasteiger partial charge in [0, 0.05) is 36.8 Å². The molecular formula is C28H35N3O4. The molecule has 2 bridgehead atoms. The average molecular weight is 478 g/mol. The fourth-order valence-corrected chi connectivity index (χ4v) is 6.32. The molecule has 5 atom stereocenters. The van der Waals surface area contributed by atoms with Crippen LogP contribution in [0.2, 0.25) is 0 Å². The zero-order valence-electron chi connectivity index (χ0n) is 20.0. The number of nitrogens with one attached hydrogen (secondary N) is 1. The van der Waals surface area contributed by atoms with Crippen LogP contribution in [0.15, 0.2) is 48.5 Å². The van der Waals surface area contributed by atoms with E-state index >= 15 is 0 Å². The summed E-state index contributed by atoms with van der Waals surface area (Å²) in [6, 6.07) is 15.5. The maximum Gasteiger partial charge on any atom is 0.253 e. The Morgan fingerprint density at radius 3 is 2.49 bits per heavy atom. The molecule has 2 aromatic rings. The largest absolute Gasteiger partial charge is 0.390 e. The molecule has 1 aliphatic heterocycles. The molecule has 2 amide bonds. The van der Waals surface area contributed by atoms with Gasteiger partial charge in [-0.2, -0.15) is 0 Å². The van der Waals surface area contributed by atoms with Gasteiger partial charge in [0.25, 0.3) is 5.91 Å². The number of piperidine rings is 1. The van der Waals surface area contributed by atoms with Crippen molar-refractivity contribution in [3.05, 3.63) is 65.2 Å². The van der Waals surface area contributed by atoms with Crippen LogP contribution in [0.4, 0.5) is 5.69 Å². The van der Waals surface area contributed by atoms with Gasteiger partial charge in [0.15, 0.2) is 0 Å². The first-order chi connectivity index (χ1) is 16.9. The fraction of sp³-hybridized carbons (Fsp3) is 0.500. The molecule has 2 aromatic carbocycles. The van der Waals surface area contributed by atoms with Crippen molar-refractivity contribution in [1.82, 2.24) is 4.90 Å². The molecule has 6 rings (SSSR count). The fourth-order valence-electron chi connectivity index (χ4n) is 6.32. The summed E-state index contributed by atoms with van der Waals surface area (Å²) in [7, 11) is 0. The number of aliphatic hydroxyl groups is 2. The van der Waals surface area contributed by atoms with Gasteiger partial charge in [-0.1, -0.05) is 30.3 Å². The number of hydrogen-bond acceptors (Lipinski definition) is 5. The monoisotopic (exact) mass is 477 g/mol. The van der Waals surface area contributed by atoms with E-state index in [1.807, 2.05) is 11.0 Å². The number of carbonyl (C=O) groups excluding carboxylic acids is 2. The molecular weight excluding hydrogens is 442 g/mol. The first-order valence-corrected chi connectivity index (χ1v) is 12.8. The molecule has 7 nitrogen and oxygen atoms in total. The Hall–Kier alpha value is -2.74. The van der Waals surface area contributed by atoms with Gasteiger partial charge < -0.3 is 26.2 Å². The molecule has 0 aromatic heterocycles. The molecule has 5 N–H and O–H groups in total. The predicted molar refractivity (Wildman–Crippen MR) is 134 cm³/mol. The number of benzene rings is 2. The highest BCUT2D eigenvalue weighted by Crippen LogP contribution is 2.45. The van der Waals surface area contributed by atoms with Crippen LogP contribution in [-0.2, 0) is 11.3 Å². The van der Waals surface area contributed by atoms with Crippen molar-refractivity contribution in [3.63, 3.8) is 0 Å². The Morgan fingerprint density at radius 2 is 1.74 bits per heavy atom. The number of amides is 2. The van der Waals surface area contributed by atoms with Gasteiger partial charge in [-0.3, -0.25) is 9.59 Å². The van der Waals surface area contributed by atoms with Crippen molar-refractivity contribution in [2.24, 2.45) is 23.5 Å². The van der Waals surface area contributed by atoms with E-state index in [0.29, 0.717) is 43.2 Å². The van der Waals surface area contributed by atoms with Crippen LogP contribution >= 0.6 is 0 Å². The van der Waals surface area contributed by atoms with Crippen molar-refractivity contribution in [2.75, 3.05) is 18.4 Å². The van der Waals surface area contributed by atoms with Crippen molar-refractivity contribution in [1.29, 1.82) is 0 Å². The second-order valence-electron chi connectivity index (χ2n) is 10.4. The third-order valence-corrected chi connectivity index (χ3v) is 8.37. The summed E-state index contributed by atoms with van der Waals surface area (Å²) in [6.45, 7) is 1.92. The van der Waals surface area contributed by atoms with Crippen LogP contribution < -0.4 is 11.1 Å². The summed E-state index contributed by atoms with van der Waals surface area (Å²) in [5.41, 5.74) is 9.36. The lowest BCUT2D eigenvalue weighted by molar-refractivity contribution is -0.150. The smallest absolute Gasteiger partial charge is 0.253 e. The number of likely N-dealkylation sites (tertiary alicyclic amines) is 1. The minimum atomic E-state index is -0.841. The summed E-state index contributed by atoms with van der Waals surface area (Å²) in [5, 5.41) is 23.5. The summed E-state index contributed by atoms with van der Waals surface area (Å²) >= 11 is 0. The van der Waals surface area contributed by atoms with Gasteiger partial charge >= 0.3 is 0 Å². The molecule has 0 radical (unpaired) electrons. The molecule has 186 valence electrons. The highest BCUT2D eigenvalue weighted by atomic mass is 16.3. The molecule has 4 fully saturated rings. The Kier molecular flexibility index (Phi) is 6.91. The van der Waals surface area contributed by atoms with Crippen LogP contribution in [0.1, 0.15) is 59.5 Å². The van der Waals surface area contributed by atoms with Crippen LogP contribution in [0.5, 0.6) is 0 Å². The molecule has 3 saturated carbocycles. The minimum absolute atomic E-state index is 0.0227. The number of hydrogen-bond donors (Lipinski definition) is 4. The number of rotatable bonds is 5. The third-order valence-electron chi connectivity index (χ3n) is 8.37. The van der Waals surface area contributed by atoms with Crippen LogP contribution in [0.25, 0.3) is 0 Å². The van der Waals surface area contributed by atoms with Gasteiger partial charge in [0.1, 0.15) is 0 Å². The summed E-state index contributed by atoms with van der Waals surface area (Å²) in [5.74, 6) is -0.300. The highest BCUT2D eigenvalue weighted by molar-refractivity contribution is 5.98. The van der Waals surface area contributed by atoms with Crippen molar-refractivity contribution < 1.29 is 19.8 Å². The van der Waals surface area contributed by atoms with E-state index in [9.17, 15) is 19.8 Å². The zero-order chi connectivity index (χ0) is 24.5. The SMILES string of the molecule is NCc1cccc(C2CCN(C(=O)c3cccc(NC(=O)C4CC5CCC4C(O)C5O)c3)CC2)c1. The number of anilines is 1.